The van der Waals surface area contributed by atoms with Gasteiger partial charge in [0.05, 0.1) is 0 Å². The van der Waals surface area contributed by atoms with Crippen LogP contribution in [-0.2, 0) is 11.2 Å². The lowest BCUT2D eigenvalue weighted by Crippen LogP contribution is -2.39. The summed E-state index contributed by atoms with van der Waals surface area (Å²) in [4.78, 5) is 14.3. The molecule has 0 saturated carbocycles. The van der Waals surface area contributed by atoms with Gasteiger partial charge in [-0.05, 0) is 44.0 Å². The number of amides is 1. The number of rotatable bonds is 3. The summed E-state index contributed by atoms with van der Waals surface area (Å²) in [6, 6.07) is 16.0. The standard InChI is InChI=1S/C18H19NO2/c1-13-7-9-16(10-8-13)21-12-18(20)19-14(2)11-15-5-3-4-6-17(15)19/h3-10,14H,11-12H2,1-2H3/t14-/m1/s1. The van der Waals surface area contributed by atoms with Gasteiger partial charge in [-0.3, -0.25) is 4.79 Å². The van der Waals surface area contributed by atoms with E-state index in [4.69, 9.17) is 4.74 Å². The molecule has 0 bridgehead atoms. The predicted octanol–water partition coefficient (Wildman–Crippen LogP) is 3.35. The van der Waals surface area contributed by atoms with Crippen LogP contribution >= 0.6 is 0 Å². The number of anilines is 1. The lowest BCUT2D eigenvalue weighted by Gasteiger charge is -2.22. The number of nitrogens with zero attached hydrogens (tertiary/aromatic N) is 1. The summed E-state index contributed by atoms with van der Waals surface area (Å²) >= 11 is 0. The maximum Gasteiger partial charge on any atom is 0.265 e. The zero-order valence-corrected chi connectivity index (χ0v) is 12.4. The summed E-state index contributed by atoms with van der Waals surface area (Å²) in [5.41, 5.74) is 3.42. The molecule has 0 radical (unpaired) electrons. The Morgan fingerprint density at radius 3 is 2.67 bits per heavy atom. The van der Waals surface area contributed by atoms with Crippen molar-refractivity contribution in [1.29, 1.82) is 0 Å². The molecule has 0 aliphatic carbocycles. The molecule has 1 amide bonds. The number of ether oxygens (including phenoxy) is 1. The van der Waals surface area contributed by atoms with E-state index in [2.05, 4.69) is 13.0 Å². The first-order chi connectivity index (χ1) is 10.1. The highest BCUT2D eigenvalue weighted by Gasteiger charge is 2.30. The molecule has 21 heavy (non-hydrogen) atoms. The van der Waals surface area contributed by atoms with E-state index < -0.39 is 0 Å². The third-order valence-electron chi connectivity index (χ3n) is 3.86. The van der Waals surface area contributed by atoms with E-state index in [0.717, 1.165) is 17.9 Å². The number of carbonyl (C=O) groups is 1. The minimum atomic E-state index is 0.00743. The molecule has 3 heteroatoms. The summed E-state index contributed by atoms with van der Waals surface area (Å²) in [5.74, 6) is 0.738. The number of fused-ring (bicyclic) bond motifs is 1. The van der Waals surface area contributed by atoms with Crippen LogP contribution in [0.15, 0.2) is 48.5 Å². The lowest BCUT2D eigenvalue weighted by molar-refractivity contribution is -0.120. The summed E-state index contributed by atoms with van der Waals surface area (Å²) in [6.45, 7) is 4.17. The predicted molar refractivity (Wildman–Crippen MR) is 83.8 cm³/mol. The van der Waals surface area contributed by atoms with E-state index in [1.54, 1.807) is 0 Å². The second-order valence-electron chi connectivity index (χ2n) is 5.55. The molecule has 0 fully saturated rings. The summed E-state index contributed by atoms with van der Waals surface area (Å²) in [5, 5.41) is 0. The van der Waals surface area contributed by atoms with E-state index in [0.29, 0.717) is 0 Å². The maximum atomic E-state index is 12.5. The van der Waals surface area contributed by atoms with Crippen molar-refractivity contribution in [3.63, 3.8) is 0 Å². The summed E-state index contributed by atoms with van der Waals surface area (Å²) in [7, 11) is 0. The topological polar surface area (TPSA) is 29.5 Å². The quantitative estimate of drug-likeness (QED) is 0.863. The second-order valence-corrected chi connectivity index (χ2v) is 5.55. The Kier molecular flexibility index (Phi) is 3.65. The van der Waals surface area contributed by atoms with Crippen molar-refractivity contribution < 1.29 is 9.53 Å². The fourth-order valence-electron chi connectivity index (χ4n) is 2.79. The molecule has 1 heterocycles. The van der Waals surface area contributed by atoms with E-state index in [1.165, 1.54) is 11.1 Å². The van der Waals surface area contributed by atoms with Crippen LogP contribution < -0.4 is 9.64 Å². The molecule has 0 spiro atoms. The molecule has 1 aliphatic rings. The molecule has 0 unspecified atom stereocenters. The van der Waals surface area contributed by atoms with Crippen LogP contribution in [-0.4, -0.2) is 18.6 Å². The molecule has 108 valence electrons. The Morgan fingerprint density at radius 2 is 1.90 bits per heavy atom. The molecule has 1 aliphatic heterocycles. The molecular formula is C18H19NO2. The normalized spacial score (nSPS) is 16.7. The van der Waals surface area contributed by atoms with Gasteiger partial charge in [-0.1, -0.05) is 35.9 Å². The number of carbonyl (C=O) groups excluding carboxylic acids is 1. The lowest BCUT2D eigenvalue weighted by atomic mass is 10.1. The van der Waals surface area contributed by atoms with Crippen LogP contribution in [0, 0.1) is 6.92 Å². The van der Waals surface area contributed by atoms with Crippen molar-refractivity contribution >= 4 is 11.6 Å². The monoisotopic (exact) mass is 281 g/mol. The van der Waals surface area contributed by atoms with Gasteiger partial charge in [0.1, 0.15) is 5.75 Å². The van der Waals surface area contributed by atoms with Crippen molar-refractivity contribution in [1.82, 2.24) is 0 Å². The first kappa shape index (κ1) is 13.7. The van der Waals surface area contributed by atoms with Gasteiger partial charge in [0, 0.05) is 11.7 Å². The van der Waals surface area contributed by atoms with Crippen molar-refractivity contribution in [2.24, 2.45) is 0 Å². The van der Waals surface area contributed by atoms with Gasteiger partial charge in [-0.15, -0.1) is 0 Å². The minimum absolute atomic E-state index is 0.00743. The first-order valence-electron chi connectivity index (χ1n) is 7.24. The van der Waals surface area contributed by atoms with Crippen molar-refractivity contribution in [3.8, 4) is 5.75 Å². The van der Waals surface area contributed by atoms with Crippen LogP contribution in [0.3, 0.4) is 0 Å². The molecule has 2 aromatic carbocycles. The molecule has 3 nitrogen and oxygen atoms in total. The van der Waals surface area contributed by atoms with Gasteiger partial charge in [0.2, 0.25) is 0 Å². The zero-order valence-electron chi connectivity index (χ0n) is 12.4. The molecular weight excluding hydrogens is 262 g/mol. The number of aryl methyl sites for hydroxylation is 1. The van der Waals surface area contributed by atoms with Crippen molar-refractivity contribution in [2.75, 3.05) is 11.5 Å². The van der Waals surface area contributed by atoms with Gasteiger partial charge in [-0.25, -0.2) is 0 Å². The van der Waals surface area contributed by atoms with E-state index >= 15 is 0 Å². The fraction of sp³-hybridized carbons (Fsp3) is 0.278. The van der Waals surface area contributed by atoms with Gasteiger partial charge in [-0.2, -0.15) is 0 Å². The Bertz CT molecular complexity index is 649. The SMILES string of the molecule is Cc1ccc(OCC(=O)N2c3ccccc3C[C@H]2C)cc1. The van der Waals surface area contributed by atoms with Crippen molar-refractivity contribution in [3.05, 3.63) is 59.7 Å². The van der Waals surface area contributed by atoms with E-state index in [9.17, 15) is 4.79 Å². The molecule has 0 N–H and O–H groups in total. The third-order valence-corrected chi connectivity index (χ3v) is 3.86. The Hall–Kier alpha value is -2.29. The van der Waals surface area contributed by atoms with Crippen LogP contribution in [0.1, 0.15) is 18.1 Å². The summed E-state index contributed by atoms with van der Waals surface area (Å²) in [6.07, 6.45) is 0.909. The fourth-order valence-corrected chi connectivity index (χ4v) is 2.79. The molecule has 3 rings (SSSR count). The number of hydrogen-bond acceptors (Lipinski definition) is 2. The number of hydrogen-bond donors (Lipinski definition) is 0. The Labute approximate surface area is 125 Å². The number of benzene rings is 2. The maximum absolute atomic E-state index is 12.5. The average molecular weight is 281 g/mol. The smallest absolute Gasteiger partial charge is 0.265 e. The Morgan fingerprint density at radius 1 is 1.19 bits per heavy atom. The van der Waals surface area contributed by atoms with Gasteiger partial charge >= 0.3 is 0 Å². The average Bonchev–Trinajstić information content (AvgIpc) is 2.82. The molecule has 0 saturated heterocycles. The van der Waals surface area contributed by atoms with E-state index in [1.807, 2.05) is 54.3 Å². The van der Waals surface area contributed by atoms with Crippen LogP contribution in [0.4, 0.5) is 5.69 Å². The molecule has 0 aromatic heterocycles. The zero-order chi connectivity index (χ0) is 14.8. The van der Waals surface area contributed by atoms with Crippen LogP contribution in [0.25, 0.3) is 0 Å². The van der Waals surface area contributed by atoms with Gasteiger partial charge < -0.3 is 9.64 Å². The second kappa shape index (κ2) is 5.60. The minimum Gasteiger partial charge on any atom is -0.484 e. The highest BCUT2D eigenvalue weighted by molar-refractivity contribution is 5.97. The number of para-hydroxylation sites is 1. The largest absolute Gasteiger partial charge is 0.484 e. The highest BCUT2D eigenvalue weighted by atomic mass is 16.5. The van der Waals surface area contributed by atoms with Crippen LogP contribution in [0.2, 0.25) is 0 Å². The first-order valence-corrected chi connectivity index (χ1v) is 7.24. The van der Waals surface area contributed by atoms with Crippen molar-refractivity contribution in [2.45, 2.75) is 26.3 Å². The summed E-state index contributed by atoms with van der Waals surface area (Å²) < 4.78 is 5.61. The van der Waals surface area contributed by atoms with Crippen LogP contribution in [0.5, 0.6) is 5.75 Å². The Balaban J connectivity index is 1.70. The highest BCUT2D eigenvalue weighted by Crippen LogP contribution is 2.31. The van der Waals surface area contributed by atoms with Gasteiger partial charge in [0.25, 0.3) is 5.91 Å². The van der Waals surface area contributed by atoms with E-state index in [-0.39, 0.29) is 18.6 Å². The van der Waals surface area contributed by atoms with Gasteiger partial charge in [0.15, 0.2) is 6.61 Å². The third kappa shape index (κ3) is 2.77. The molecule has 2 aromatic rings. The molecule has 1 atom stereocenters.